The second-order valence-electron chi connectivity index (χ2n) is 4.09. The van der Waals surface area contributed by atoms with Crippen LogP contribution in [-0.4, -0.2) is 36.3 Å². The summed E-state index contributed by atoms with van der Waals surface area (Å²) in [5, 5.41) is 6.30. The first-order valence-electron chi connectivity index (χ1n) is 6.42. The van der Waals surface area contributed by atoms with Crippen LogP contribution in [0.5, 0.6) is 0 Å². The number of pyridine rings is 2. The van der Waals surface area contributed by atoms with Gasteiger partial charge in [-0.3, -0.25) is 4.98 Å². The monoisotopic (exact) mass is 336 g/mol. The van der Waals surface area contributed by atoms with E-state index in [0.717, 1.165) is 42.3 Å². The molecule has 1 fully saturated rings. The molecule has 0 bridgehead atoms. The minimum absolute atomic E-state index is 0.807. The molecule has 6 heteroatoms. The number of halogens is 1. The third-order valence-corrected chi connectivity index (χ3v) is 2.98. The van der Waals surface area contributed by atoms with Crippen molar-refractivity contribution < 1.29 is 4.74 Å². The van der Waals surface area contributed by atoms with Gasteiger partial charge in [-0.05, 0) is 40.2 Å². The Morgan fingerprint density at radius 1 is 1.15 bits per heavy atom. The van der Waals surface area contributed by atoms with Crippen LogP contribution < -0.4 is 10.6 Å². The van der Waals surface area contributed by atoms with E-state index in [4.69, 9.17) is 4.74 Å². The van der Waals surface area contributed by atoms with Gasteiger partial charge in [0.2, 0.25) is 0 Å². The van der Waals surface area contributed by atoms with Crippen molar-refractivity contribution in [2.24, 2.45) is 0 Å². The van der Waals surface area contributed by atoms with Gasteiger partial charge in [-0.25, -0.2) is 4.98 Å². The van der Waals surface area contributed by atoms with Crippen molar-refractivity contribution in [3.05, 3.63) is 47.3 Å². The molecular formula is C14H17BrN4O. The molecule has 1 aliphatic heterocycles. The zero-order valence-corrected chi connectivity index (χ0v) is 12.6. The first-order valence-corrected chi connectivity index (χ1v) is 7.21. The molecule has 1 aliphatic rings. The molecule has 3 rings (SSSR count). The van der Waals surface area contributed by atoms with Crippen LogP contribution in [0.3, 0.4) is 0 Å². The van der Waals surface area contributed by atoms with Gasteiger partial charge in [-0.2, -0.15) is 0 Å². The number of nitrogens with one attached hydrogen (secondary N) is 2. The van der Waals surface area contributed by atoms with Crippen molar-refractivity contribution in [2.45, 2.75) is 0 Å². The van der Waals surface area contributed by atoms with E-state index in [9.17, 15) is 0 Å². The van der Waals surface area contributed by atoms with E-state index in [1.807, 2.05) is 24.3 Å². The van der Waals surface area contributed by atoms with Crippen LogP contribution >= 0.6 is 15.9 Å². The quantitative estimate of drug-likeness (QED) is 0.882. The number of hydrogen-bond donors (Lipinski definition) is 2. The standard InChI is InChI=1S/C10H8BrN3.C4H9NO/c11-8-3-4-10(13-6-8)14-9-2-1-5-12-7-9;1-3-6-4-2-5-1/h1-7H,(H,13,14);5H,1-4H2. The molecule has 3 heterocycles. The molecule has 0 spiro atoms. The predicted molar refractivity (Wildman–Crippen MR) is 83.1 cm³/mol. The summed E-state index contributed by atoms with van der Waals surface area (Å²) >= 11 is 3.33. The van der Waals surface area contributed by atoms with E-state index in [1.54, 1.807) is 18.6 Å². The number of rotatable bonds is 2. The van der Waals surface area contributed by atoms with Gasteiger partial charge < -0.3 is 15.4 Å². The van der Waals surface area contributed by atoms with Gasteiger partial charge >= 0.3 is 0 Å². The second-order valence-corrected chi connectivity index (χ2v) is 5.01. The van der Waals surface area contributed by atoms with Crippen molar-refractivity contribution in [3.8, 4) is 0 Å². The largest absolute Gasteiger partial charge is 0.379 e. The minimum Gasteiger partial charge on any atom is -0.379 e. The van der Waals surface area contributed by atoms with E-state index < -0.39 is 0 Å². The van der Waals surface area contributed by atoms with E-state index in [-0.39, 0.29) is 0 Å². The third kappa shape index (κ3) is 5.64. The highest BCUT2D eigenvalue weighted by molar-refractivity contribution is 9.10. The van der Waals surface area contributed by atoms with E-state index in [1.165, 1.54) is 0 Å². The molecule has 0 unspecified atom stereocenters. The van der Waals surface area contributed by atoms with E-state index in [0.29, 0.717) is 0 Å². The Morgan fingerprint density at radius 3 is 2.50 bits per heavy atom. The Hall–Kier alpha value is -1.50. The highest BCUT2D eigenvalue weighted by atomic mass is 79.9. The Balaban J connectivity index is 0.000000205. The molecule has 0 aliphatic carbocycles. The summed E-state index contributed by atoms with van der Waals surface area (Å²) < 4.78 is 5.97. The first kappa shape index (κ1) is 14.9. The minimum atomic E-state index is 0.807. The number of hydrogen-bond acceptors (Lipinski definition) is 5. The van der Waals surface area contributed by atoms with Gasteiger partial charge in [0.25, 0.3) is 0 Å². The van der Waals surface area contributed by atoms with Crippen LogP contribution in [-0.2, 0) is 4.74 Å². The van der Waals surface area contributed by atoms with Crippen molar-refractivity contribution in [1.82, 2.24) is 15.3 Å². The molecule has 0 amide bonds. The summed E-state index contributed by atoms with van der Waals surface area (Å²) in [7, 11) is 0. The van der Waals surface area contributed by atoms with Crippen molar-refractivity contribution in [2.75, 3.05) is 31.6 Å². The molecule has 0 atom stereocenters. The second kappa shape index (κ2) is 8.63. The van der Waals surface area contributed by atoms with E-state index in [2.05, 4.69) is 36.5 Å². The summed E-state index contributed by atoms with van der Waals surface area (Å²) in [5.41, 5.74) is 0.933. The Bertz CT molecular complexity index is 477. The summed E-state index contributed by atoms with van der Waals surface area (Å²) in [6, 6.07) is 7.65. The maximum atomic E-state index is 5.01. The average Bonchev–Trinajstić information content (AvgIpc) is 2.53. The molecule has 1 saturated heterocycles. The summed E-state index contributed by atoms with van der Waals surface area (Å²) in [4.78, 5) is 8.19. The van der Waals surface area contributed by atoms with Crippen LogP contribution in [0.15, 0.2) is 47.3 Å². The predicted octanol–water partition coefficient (Wildman–Crippen LogP) is 2.59. The van der Waals surface area contributed by atoms with Gasteiger partial charge in [0.15, 0.2) is 0 Å². The van der Waals surface area contributed by atoms with E-state index >= 15 is 0 Å². The summed E-state index contributed by atoms with van der Waals surface area (Å²) in [6.07, 6.45) is 5.24. The number of aromatic nitrogens is 2. The molecule has 2 aromatic heterocycles. The number of nitrogens with zero attached hydrogens (tertiary/aromatic N) is 2. The Kier molecular flexibility index (Phi) is 6.43. The Morgan fingerprint density at radius 2 is 2.00 bits per heavy atom. The molecule has 2 N–H and O–H groups in total. The van der Waals surface area contributed by atoms with Gasteiger partial charge in [0, 0.05) is 30.0 Å². The van der Waals surface area contributed by atoms with Gasteiger partial charge in [0.05, 0.1) is 25.1 Å². The van der Waals surface area contributed by atoms with Crippen molar-refractivity contribution in [1.29, 1.82) is 0 Å². The Labute approximate surface area is 126 Å². The fourth-order valence-electron chi connectivity index (χ4n) is 1.55. The molecule has 0 aromatic carbocycles. The molecule has 20 heavy (non-hydrogen) atoms. The SMILES string of the molecule is Brc1ccc(Nc2cccnc2)nc1.C1COCCN1. The third-order valence-electron chi connectivity index (χ3n) is 2.51. The molecule has 106 valence electrons. The van der Waals surface area contributed by atoms with Crippen LogP contribution in [0.1, 0.15) is 0 Å². The lowest BCUT2D eigenvalue weighted by atomic mass is 10.4. The number of anilines is 2. The van der Waals surface area contributed by atoms with Crippen LogP contribution in [0, 0.1) is 0 Å². The van der Waals surface area contributed by atoms with Crippen molar-refractivity contribution >= 4 is 27.4 Å². The van der Waals surface area contributed by atoms with Crippen LogP contribution in [0.25, 0.3) is 0 Å². The highest BCUT2D eigenvalue weighted by Gasteiger charge is 1.94. The van der Waals surface area contributed by atoms with Crippen molar-refractivity contribution in [3.63, 3.8) is 0 Å². The lowest BCUT2D eigenvalue weighted by Gasteiger charge is -2.10. The summed E-state index contributed by atoms with van der Waals surface area (Å²) in [6.45, 7) is 3.83. The lowest BCUT2D eigenvalue weighted by molar-refractivity contribution is 0.109. The molecule has 2 aromatic rings. The zero-order valence-electron chi connectivity index (χ0n) is 11.1. The molecular weight excluding hydrogens is 320 g/mol. The highest BCUT2D eigenvalue weighted by Crippen LogP contribution is 2.14. The lowest BCUT2D eigenvalue weighted by Crippen LogP contribution is -2.30. The maximum absolute atomic E-state index is 5.01. The fourth-order valence-corrected chi connectivity index (χ4v) is 1.78. The van der Waals surface area contributed by atoms with Crippen LogP contribution in [0.4, 0.5) is 11.5 Å². The topological polar surface area (TPSA) is 59.1 Å². The van der Waals surface area contributed by atoms with Crippen LogP contribution in [0.2, 0.25) is 0 Å². The maximum Gasteiger partial charge on any atom is 0.130 e. The smallest absolute Gasteiger partial charge is 0.130 e. The average molecular weight is 337 g/mol. The first-order chi connectivity index (χ1) is 9.84. The van der Waals surface area contributed by atoms with Gasteiger partial charge in [0.1, 0.15) is 5.82 Å². The normalized spacial score (nSPS) is 14.1. The molecule has 5 nitrogen and oxygen atoms in total. The van der Waals surface area contributed by atoms with Gasteiger partial charge in [-0.1, -0.05) is 0 Å². The van der Waals surface area contributed by atoms with Gasteiger partial charge in [-0.15, -0.1) is 0 Å². The molecule has 0 saturated carbocycles. The number of morpholine rings is 1. The fraction of sp³-hybridized carbons (Fsp3) is 0.286. The number of ether oxygens (including phenoxy) is 1. The molecule has 0 radical (unpaired) electrons. The zero-order chi connectivity index (χ0) is 14.0. The summed E-state index contributed by atoms with van der Waals surface area (Å²) in [5.74, 6) is 0.807.